The molecule has 90 valence electrons. The third kappa shape index (κ3) is 3.41. The first-order chi connectivity index (χ1) is 8.25. The van der Waals surface area contributed by atoms with E-state index in [2.05, 4.69) is 10.5 Å². The average Bonchev–Trinajstić information content (AvgIpc) is 2.38. The van der Waals surface area contributed by atoms with Crippen molar-refractivity contribution in [3.05, 3.63) is 35.4 Å². The number of carbonyl (C=O) groups is 1. The molecular formula is C14H18N2O. The minimum absolute atomic E-state index is 0.122. The van der Waals surface area contributed by atoms with Gasteiger partial charge in [-0.15, -0.1) is 0 Å². The molecule has 0 atom stereocenters. The number of hydrazone groups is 1. The minimum Gasteiger partial charge on any atom is -0.267 e. The Bertz CT molecular complexity index is 412. The molecule has 0 aliphatic heterocycles. The van der Waals surface area contributed by atoms with Crippen LogP contribution in [-0.4, -0.2) is 11.6 Å². The summed E-state index contributed by atoms with van der Waals surface area (Å²) in [6.45, 7) is 2.00. The lowest BCUT2D eigenvalue weighted by Gasteiger charge is -2.11. The molecule has 1 fully saturated rings. The van der Waals surface area contributed by atoms with Crippen LogP contribution >= 0.6 is 0 Å². The third-order valence-electron chi connectivity index (χ3n) is 3.06. The van der Waals surface area contributed by atoms with Gasteiger partial charge in [0.1, 0.15) is 0 Å². The summed E-state index contributed by atoms with van der Waals surface area (Å²) in [6.07, 6.45) is 5.71. The lowest BCUT2D eigenvalue weighted by atomic mass is 9.99. The fourth-order valence-corrected chi connectivity index (χ4v) is 1.97. The molecule has 0 bridgehead atoms. The van der Waals surface area contributed by atoms with E-state index in [1.165, 1.54) is 19.3 Å². The smallest absolute Gasteiger partial charge is 0.267 e. The summed E-state index contributed by atoms with van der Waals surface area (Å²) in [7, 11) is 0. The molecule has 1 N–H and O–H groups in total. The molecule has 3 nitrogen and oxygen atoms in total. The molecule has 0 unspecified atom stereocenters. The second-order valence-electron chi connectivity index (χ2n) is 4.55. The number of hydrogen-bond acceptors (Lipinski definition) is 2. The van der Waals surface area contributed by atoms with Crippen molar-refractivity contribution in [2.75, 3.05) is 0 Å². The largest absolute Gasteiger partial charge is 0.271 e. The number of benzene rings is 1. The van der Waals surface area contributed by atoms with Crippen LogP contribution in [0.25, 0.3) is 0 Å². The van der Waals surface area contributed by atoms with Crippen molar-refractivity contribution in [1.82, 2.24) is 5.43 Å². The fourth-order valence-electron chi connectivity index (χ4n) is 1.97. The zero-order chi connectivity index (χ0) is 12.1. The molecule has 1 aromatic carbocycles. The zero-order valence-electron chi connectivity index (χ0n) is 10.2. The summed E-state index contributed by atoms with van der Waals surface area (Å²) in [4.78, 5) is 11.8. The number of carbonyl (C=O) groups excluding carboxylic acids is 1. The third-order valence-corrected chi connectivity index (χ3v) is 3.06. The number of nitrogens with one attached hydrogen (secondary N) is 1. The zero-order valence-corrected chi connectivity index (χ0v) is 10.2. The van der Waals surface area contributed by atoms with Gasteiger partial charge in [0, 0.05) is 11.3 Å². The molecule has 0 spiro atoms. The van der Waals surface area contributed by atoms with Gasteiger partial charge in [-0.3, -0.25) is 4.79 Å². The molecule has 1 aliphatic rings. The monoisotopic (exact) mass is 230 g/mol. The standard InChI is InChI=1S/C14H18N2O/c1-11-7-9-12(10-8-11)14(17)16-15-13-5-3-2-4-6-13/h7-10H,2-6H2,1H3,(H,16,17). The number of aryl methyl sites for hydroxylation is 1. The van der Waals surface area contributed by atoms with E-state index in [9.17, 15) is 4.79 Å². The van der Waals surface area contributed by atoms with Gasteiger partial charge < -0.3 is 0 Å². The van der Waals surface area contributed by atoms with Gasteiger partial charge >= 0.3 is 0 Å². The Kier molecular flexibility index (Phi) is 3.91. The molecular weight excluding hydrogens is 212 g/mol. The normalized spacial score (nSPS) is 15.5. The highest BCUT2D eigenvalue weighted by molar-refractivity contribution is 5.95. The molecule has 3 heteroatoms. The predicted molar refractivity (Wildman–Crippen MR) is 69.2 cm³/mol. The van der Waals surface area contributed by atoms with E-state index in [4.69, 9.17) is 0 Å². The number of amides is 1. The fraction of sp³-hybridized carbons (Fsp3) is 0.429. The van der Waals surface area contributed by atoms with Crippen LogP contribution in [0.5, 0.6) is 0 Å². The Morgan fingerprint density at radius 3 is 2.41 bits per heavy atom. The maximum absolute atomic E-state index is 11.8. The molecule has 0 aromatic heterocycles. The molecule has 1 amide bonds. The van der Waals surface area contributed by atoms with Crippen molar-refractivity contribution in [2.45, 2.75) is 39.0 Å². The van der Waals surface area contributed by atoms with Crippen LogP contribution in [0.2, 0.25) is 0 Å². The van der Waals surface area contributed by atoms with Gasteiger partial charge in [0.05, 0.1) is 0 Å². The quantitative estimate of drug-likeness (QED) is 0.779. The summed E-state index contributed by atoms with van der Waals surface area (Å²) in [5.41, 5.74) is 5.57. The first-order valence-corrected chi connectivity index (χ1v) is 6.18. The highest BCUT2D eigenvalue weighted by atomic mass is 16.2. The van der Waals surface area contributed by atoms with E-state index < -0.39 is 0 Å². The highest BCUT2D eigenvalue weighted by Gasteiger charge is 2.08. The molecule has 2 rings (SSSR count). The van der Waals surface area contributed by atoms with Gasteiger partial charge in [0.15, 0.2) is 0 Å². The van der Waals surface area contributed by atoms with Gasteiger partial charge in [0.25, 0.3) is 5.91 Å². The van der Waals surface area contributed by atoms with Gasteiger partial charge in [-0.1, -0.05) is 24.1 Å². The molecule has 1 aromatic rings. The molecule has 0 heterocycles. The van der Waals surface area contributed by atoms with Crippen LogP contribution in [0.4, 0.5) is 0 Å². The molecule has 17 heavy (non-hydrogen) atoms. The van der Waals surface area contributed by atoms with Crippen LogP contribution < -0.4 is 5.43 Å². The summed E-state index contributed by atoms with van der Waals surface area (Å²) in [6, 6.07) is 7.52. The van der Waals surface area contributed by atoms with Gasteiger partial charge in [0.2, 0.25) is 0 Å². The minimum atomic E-state index is -0.122. The van der Waals surface area contributed by atoms with E-state index in [-0.39, 0.29) is 5.91 Å². The second-order valence-corrected chi connectivity index (χ2v) is 4.55. The Labute approximate surface area is 102 Å². The number of hydrogen-bond donors (Lipinski definition) is 1. The molecule has 0 saturated heterocycles. The van der Waals surface area contributed by atoms with Crippen molar-refractivity contribution < 1.29 is 4.79 Å². The summed E-state index contributed by atoms with van der Waals surface area (Å²) < 4.78 is 0. The van der Waals surface area contributed by atoms with E-state index in [0.29, 0.717) is 5.56 Å². The Morgan fingerprint density at radius 1 is 1.12 bits per heavy atom. The van der Waals surface area contributed by atoms with Crippen LogP contribution in [0.15, 0.2) is 29.4 Å². The maximum Gasteiger partial charge on any atom is 0.271 e. The van der Waals surface area contributed by atoms with Gasteiger partial charge in [-0.25, -0.2) is 5.43 Å². The van der Waals surface area contributed by atoms with Crippen molar-refractivity contribution in [3.8, 4) is 0 Å². The van der Waals surface area contributed by atoms with Crippen LogP contribution in [0.1, 0.15) is 48.0 Å². The Balaban J connectivity index is 1.94. The molecule has 1 saturated carbocycles. The maximum atomic E-state index is 11.8. The van der Waals surface area contributed by atoms with Crippen molar-refractivity contribution in [3.63, 3.8) is 0 Å². The van der Waals surface area contributed by atoms with Crippen molar-refractivity contribution >= 4 is 11.6 Å². The summed E-state index contributed by atoms with van der Waals surface area (Å²) in [5.74, 6) is -0.122. The Hall–Kier alpha value is -1.64. The topological polar surface area (TPSA) is 41.5 Å². The first-order valence-electron chi connectivity index (χ1n) is 6.18. The van der Waals surface area contributed by atoms with E-state index >= 15 is 0 Å². The average molecular weight is 230 g/mol. The second kappa shape index (κ2) is 5.62. The first kappa shape index (κ1) is 11.8. The van der Waals surface area contributed by atoms with Crippen LogP contribution in [0, 0.1) is 6.92 Å². The SMILES string of the molecule is Cc1ccc(C(=O)NN=C2CCCCC2)cc1. The van der Waals surface area contributed by atoms with Crippen LogP contribution in [0.3, 0.4) is 0 Å². The van der Waals surface area contributed by atoms with E-state index in [0.717, 1.165) is 24.1 Å². The number of nitrogens with zero attached hydrogens (tertiary/aromatic N) is 1. The summed E-state index contributed by atoms with van der Waals surface area (Å²) in [5, 5.41) is 4.20. The number of rotatable bonds is 2. The molecule has 0 radical (unpaired) electrons. The highest BCUT2D eigenvalue weighted by Crippen LogP contribution is 2.14. The van der Waals surface area contributed by atoms with Crippen molar-refractivity contribution in [2.24, 2.45) is 5.10 Å². The molecule has 1 aliphatic carbocycles. The van der Waals surface area contributed by atoms with Gasteiger partial charge in [-0.05, 0) is 44.7 Å². The lowest BCUT2D eigenvalue weighted by Crippen LogP contribution is -2.20. The Morgan fingerprint density at radius 2 is 1.76 bits per heavy atom. The lowest BCUT2D eigenvalue weighted by molar-refractivity contribution is 0.0954. The van der Waals surface area contributed by atoms with Gasteiger partial charge in [-0.2, -0.15) is 5.10 Å². The predicted octanol–water partition coefficient (Wildman–Crippen LogP) is 3.04. The van der Waals surface area contributed by atoms with E-state index in [1.54, 1.807) is 0 Å². The van der Waals surface area contributed by atoms with E-state index in [1.807, 2.05) is 31.2 Å². The van der Waals surface area contributed by atoms with Crippen molar-refractivity contribution in [1.29, 1.82) is 0 Å². The summed E-state index contributed by atoms with van der Waals surface area (Å²) >= 11 is 0. The van der Waals surface area contributed by atoms with Crippen LogP contribution in [-0.2, 0) is 0 Å².